The number of nitrogens with two attached hydrogens (primary N) is 1. The molecule has 0 radical (unpaired) electrons. The van der Waals surface area contributed by atoms with Gasteiger partial charge in [0.15, 0.2) is 0 Å². The lowest BCUT2D eigenvalue weighted by atomic mass is 9.83. The van der Waals surface area contributed by atoms with Crippen molar-refractivity contribution in [3.63, 3.8) is 0 Å². The van der Waals surface area contributed by atoms with Gasteiger partial charge in [-0.15, -0.1) is 0 Å². The molecule has 0 amide bonds. The van der Waals surface area contributed by atoms with E-state index < -0.39 is 0 Å². The maximum Gasteiger partial charge on any atom is 0.0468 e. The zero-order valence-electron chi connectivity index (χ0n) is 11.7. The largest absolute Gasteiger partial charge is 0.326 e. The van der Waals surface area contributed by atoms with E-state index in [0.717, 1.165) is 5.92 Å². The Kier molecular flexibility index (Phi) is 4.79. The fourth-order valence-electron chi connectivity index (χ4n) is 3.14. The lowest BCUT2D eigenvalue weighted by Gasteiger charge is -2.24. The summed E-state index contributed by atoms with van der Waals surface area (Å²) in [6.07, 6.45) is 6.93. The molecule has 1 saturated carbocycles. The topological polar surface area (TPSA) is 38.0 Å². The predicted octanol–water partition coefficient (Wildman–Crippen LogP) is 3.34. The van der Waals surface area contributed by atoms with Gasteiger partial charge in [-0.1, -0.05) is 43.5 Å². The van der Waals surface area contributed by atoms with Crippen molar-refractivity contribution in [1.82, 2.24) is 5.32 Å². The van der Waals surface area contributed by atoms with Crippen LogP contribution in [0.3, 0.4) is 0 Å². The minimum Gasteiger partial charge on any atom is -0.326 e. The van der Waals surface area contributed by atoms with E-state index in [9.17, 15) is 0 Å². The van der Waals surface area contributed by atoms with Gasteiger partial charge in [-0.25, -0.2) is 0 Å². The first-order valence-electron chi connectivity index (χ1n) is 7.25. The summed E-state index contributed by atoms with van der Waals surface area (Å²) in [5.74, 6) is 0.788. The molecule has 0 aliphatic heterocycles. The van der Waals surface area contributed by atoms with Crippen molar-refractivity contribution in [3.05, 3.63) is 35.4 Å². The first-order valence-corrected chi connectivity index (χ1v) is 7.25. The number of hydrogen-bond donors (Lipinski definition) is 2. The van der Waals surface area contributed by atoms with E-state index >= 15 is 0 Å². The Morgan fingerprint density at radius 3 is 2.22 bits per heavy atom. The smallest absolute Gasteiger partial charge is 0.0468 e. The molecule has 0 spiro atoms. The Hall–Kier alpha value is -0.860. The molecule has 2 rings (SSSR count). The van der Waals surface area contributed by atoms with E-state index in [4.69, 9.17) is 5.73 Å². The summed E-state index contributed by atoms with van der Waals surface area (Å²) in [6.45, 7) is 2.05. The van der Waals surface area contributed by atoms with E-state index in [1.54, 1.807) is 0 Å². The first-order chi connectivity index (χ1) is 8.72. The molecule has 0 bridgehead atoms. The van der Waals surface area contributed by atoms with Crippen LogP contribution in [-0.4, -0.2) is 13.1 Å². The van der Waals surface area contributed by atoms with E-state index in [1.165, 1.54) is 43.2 Å². The maximum atomic E-state index is 6.00. The molecule has 1 aromatic carbocycles. The monoisotopic (exact) mass is 246 g/mol. The molecule has 1 fully saturated rings. The van der Waals surface area contributed by atoms with Crippen molar-refractivity contribution in [3.8, 4) is 0 Å². The molecule has 1 aromatic rings. The predicted molar refractivity (Wildman–Crippen MR) is 77.7 cm³/mol. The molecule has 2 nitrogen and oxygen atoms in total. The third-order valence-corrected chi connectivity index (χ3v) is 4.21. The normalized spacial score (nSPS) is 20.6. The van der Waals surface area contributed by atoms with Crippen molar-refractivity contribution in [2.45, 2.75) is 57.0 Å². The summed E-state index contributed by atoms with van der Waals surface area (Å²) in [7, 11) is 1.98. The zero-order valence-corrected chi connectivity index (χ0v) is 11.7. The Morgan fingerprint density at radius 1 is 1.11 bits per heavy atom. The van der Waals surface area contributed by atoms with Gasteiger partial charge in [0, 0.05) is 12.1 Å². The summed E-state index contributed by atoms with van der Waals surface area (Å²) in [5, 5.41) is 3.29. The number of likely N-dealkylation sites (N-methyl/N-ethyl adjacent to an activating group) is 1. The van der Waals surface area contributed by atoms with Gasteiger partial charge < -0.3 is 11.1 Å². The third-order valence-electron chi connectivity index (χ3n) is 4.21. The molecule has 3 N–H and O–H groups in total. The molecular formula is C16H26N2. The molecule has 18 heavy (non-hydrogen) atoms. The van der Waals surface area contributed by atoms with Gasteiger partial charge in [-0.2, -0.15) is 0 Å². The highest BCUT2D eigenvalue weighted by molar-refractivity contribution is 5.28. The molecule has 1 aliphatic rings. The quantitative estimate of drug-likeness (QED) is 0.855. The van der Waals surface area contributed by atoms with Crippen LogP contribution in [0.2, 0.25) is 0 Å². The van der Waals surface area contributed by atoms with Gasteiger partial charge in [-0.3, -0.25) is 0 Å². The molecule has 1 aliphatic carbocycles. The molecule has 2 unspecified atom stereocenters. The molecule has 2 atom stereocenters. The van der Waals surface area contributed by atoms with Gasteiger partial charge in [0.1, 0.15) is 0 Å². The second-order valence-corrected chi connectivity index (χ2v) is 5.63. The van der Waals surface area contributed by atoms with Crippen molar-refractivity contribution in [1.29, 1.82) is 0 Å². The van der Waals surface area contributed by atoms with Crippen LogP contribution in [0.5, 0.6) is 0 Å². The van der Waals surface area contributed by atoms with Crippen molar-refractivity contribution in [2.24, 2.45) is 5.73 Å². The minimum atomic E-state index is 0.135. The second kappa shape index (κ2) is 6.35. The van der Waals surface area contributed by atoms with Crippen LogP contribution in [0.1, 0.15) is 62.1 Å². The van der Waals surface area contributed by atoms with Crippen LogP contribution in [0, 0.1) is 0 Å². The van der Waals surface area contributed by atoms with Gasteiger partial charge in [0.05, 0.1) is 0 Å². The van der Waals surface area contributed by atoms with Crippen LogP contribution in [0.25, 0.3) is 0 Å². The Balaban J connectivity index is 2.08. The lowest BCUT2D eigenvalue weighted by Crippen LogP contribution is -2.33. The van der Waals surface area contributed by atoms with Crippen LogP contribution in [-0.2, 0) is 0 Å². The summed E-state index contributed by atoms with van der Waals surface area (Å²) in [5.41, 5.74) is 8.81. The van der Waals surface area contributed by atoms with E-state index in [2.05, 4.69) is 36.5 Å². The standard InChI is InChI=1S/C16H26N2/c1-12(17)16(18-2)15-10-8-14(9-11-15)13-6-4-3-5-7-13/h8-13,16,18H,3-7,17H2,1-2H3. The minimum absolute atomic E-state index is 0.135. The molecule has 100 valence electrons. The van der Waals surface area contributed by atoms with Crippen molar-refractivity contribution >= 4 is 0 Å². The zero-order chi connectivity index (χ0) is 13.0. The number of hydrogen-bond acceptors (Lipinski definition) is 2. The van der Waals surface area contributed by atoms with Gasteiger partial charge >= 0.3 is 0 Å². The summed E-state index contributed by atoms with van der Waals surface area (Å²) in [4.78, 5) is 0. The highest BCUT2D eigenvalue weighted by Crippen LogP contribution is 2.33. The van der Waals surface area contributed by atoms with E-state index in [-0.39, 0.29) is 12.1 Å². The highest BCUT2D eigenvalue weighted by Gasteiger charge is 2.17. The van der Waals surface area contributed by atoms with Crippen LogP contribution < -0.4 is 11.1 Å². The fourth-order valence-corrected chi connectivity index (χ4v) is 3.14. The van der Waals surface area contributed by atoms with Crippen LogP contribution in [0.15, 0.2) is 24.3 Å². The number of benzene rings is 1. The summed E-state index contributed by atoms with van der Waals surface area (Å²) in [6, 6.07) is 9.49. The van der Waals surface area contributed by atoms with Gasteiger partial charge in [0.25, 0.3) is 0 Å². The van der Waals surface area contributed by atoms with Gasteiger partial charge in [-0.05, 0) is 43.9 Å². The Bertz CT molecular complexity index is 350. The average molecular weight is 246 g/mol. The first kappa shape index (κ1) is 13.6. The van der Waals surface area contributed by atoms with E-state index in [1.807, 2.05) is 7.05 Å². The number of nitrogens with one attached hydrogen (secondary N) is 1. The summed E-state index contributed by atoms with van der Waals surface area (Å²) >= 11 is 0. The maximum absolute atomic E-state index is 6.00. The molecule has 2 heteroatoms. The lowest BCUT2D eigenvalue weighted by molar-refractivity contribution is 0.443. The van der Waals surface area contributed by atoms with Crippen LogP contribution in [0.4, 0.5) is 0 Å². The molecule has 0 saturated heterocycles. The van der Waals surface area contributed by atoms with E-state index in [0.29, 0.717) is 0 Å². The average Bonchev–Trinajstić information content (AvgIpc) is 2.41. The molecular weight excluding hydrogens is 220 g/mol. The van der Waals surface area contributed by atoms with Crippen LogP contribution >= 0.6 is 0 Å². The second-order valence-electron chi connectivity index (χ2n) is 5.63. The Labute approximate surface area is 111 Å². The fraction of sp³-hybridized carbons (Fsp3) is 0.625. The van der Waals surface area contributed by atoms with Gasteiger partial charge in [0.2, 0.25) is 0 Å². The highest BCUT2D eigenvalue weighted by atomic mass is 14.9. The SMILES string of the molecule is CNC(c1ccc(C2CCCCC2)cc1)C(C)N. The molecule has 0 heterocycles. The van der Waals surface area contributed by atoms with Crippen molar-refractivity contribution in [2.75, 3.05) is 7.05 Å². The molecule has 0 aromatic heterocycles. The van der Waals surface area contributed by atoms with Crippen molar-refractivity contribution < 1.29 is 0 Å². The summed E-state index contributed by atoms with van der Waals surface area (Å²) < 4.78 is 0. The third kappa shape index (κ3) is 3.12. The Morgan fingerprint density at radius 2 is 1.72 bits per heavy atom. The number of rotatable bonds is 4.